The normalized spacial score (nSPS) is 11.5. The lowest BCUT2D eigenvalue weighted by atomic mass is 10.2. The summed E-state index contributed by atoms with van der Waals surface area (Å²) in [6, 6.07) is 4.92. The second-order valence-electron chi connectivity index (χ2n) is 2.95. The third kappa shape index (κ3) is 3.37. The molecule has 1 heterocycles. The number of aromatic nitrogens is 1. The molecule has 1 amide bonds. The van der Waals surface area contributed by atoms with Crippen molar-refractivity contribution in [3.05, 3.63) is 28.5 Å². The van der Waals surface area contributed by atoms with Crippen LogP contribution in [0.15, 0.2) is 22.8 Å². The van der Waals surface area contributed by atoms with Crippen molar-refractivity contribution in [3.8, 4) is 12.3 Å². The van der Waals surface area contributed by atoms with Crippen LogP contribution in [-0.2, 0) is 0 Å². The average molecular weight is 267 g/mol. The van der Waals surface area contributed by atoms with Crippen molar-refractivity contribution >= 4 is 21.8 Å². The lowest BCUT2D eigenvalue weighted by Gasteiger charge is -2.09. The Kier molecular flexibility index (Phi) is 4.32. The van der Waals surface area contributed by atoms with Crippen molar-refractivity contribution in [1.82, 2.24) is 10.3 Å². The van der Waals surface area contributed by atoms with Crippen LogP contribution in [0.2, 0.25) is 0 Å². The predicted octanol–water partition coefficient (Wildman–Crippen LogP) is 1.99. The zero-order valence-corrected chi connectivity index (χ0v) is 9.91. The minimum Gasteiger partial charge on any atom is -0.337 e. The number of carbonyl (C=O) groups excluding carboxylic acids is 1. The number of halogens is 1. The fourth-order valence-corrected chi connectivity index (χ4v) is 1.37. The first kappa shape index (κ1) is 11.7. The van der Waals surface area contributed by atoms with Gasteiger partial charge in [-0.3, -0.25) is 4.79 Å². The maximum absolute atomic E-state index is 11.6. The maximum atomic E-state index is 11.6. The Labute approximate surface area is 97.4 Å². The van der Waals surface area contributed by atoms with E-state index < -0.39 is 0 Å². The SMILES string of the molecule is C#CC(CC)NC(=O)c1cccc(Br)n1. The quantitative estimate of drug-likeness (QED) is 0.672. The molecule has 3 nitrogen and oxygen atoms in total. The van der Waals surface area contributed by atoms with Gasteiger partial charge in [0.25, 0.3) is 5.91 Å². The first-order valence-corrected chi connectivity index (χ1v) is 5.36. The molecule has 78 valence electrons. The lowest BCUT2D eigenvalue weighted by Crippen LogP contribution is -2.33. The molecule has 0 bridgehead atoms. The van der Waals surface area contributed by atoms with Crippen molar-refractivity contribution in [3.63, 3.8) is 0 Å². The van der Waals surface area contributed by atoms with Crippen molar-refractivity contribution in [1.29, 1.82) is 0 Å². The highest BCUT2D eigenvalue weighted by Gasteiger charge is 2.10. The second kappa shape index (κ2) is 5.52. The number of hydrogen-bond donors (Lipinski definition) is 1. The average Bonchev–Trinajstić information content (AvgIpc) is 2.25. The summed E-state index contributed by atoms with van der Waals surface area (Å²) in [7, 11) is 0. The number of nitrogens with zero attached hydrogens (tertiary/aromatic N) is 1. The van der Waals surface area contributed by atoms with E-state index in [1.165, 1.54) is 0 Å². The second-order valence-corrected chi connectivity index (χ2v) is 3.76. The van der Waals surface area contributed by atoms with Crippen molar-refractivity contribution < 1.29 is 4.79 Å². The lowest BCUT2D eigenvalue weighted by molar-refractivity contribution is 0.0940. The van der Waals surface area contributed by atoms with E-state index in [1.807, 2.05) is 6.92 Å². The predicted molar refractivity (Wildman–Crippen MR) is 62.3 cm³/mol. The molecule has 0 aliphatic rings. The van der Waals surface area contributed by atoms with E-state index in [4.69, 9.17) is 6.42 Å². The Hall–Kier alpha value is -1.34. The topological polar surface area (TPSA) is 42.0 Å². The first-order valence-electron chi connectivity index (χ1n) is 4.57. The first-order chi connectivity index (χ1) is 7.17. The van der Waals surface area contributed by atoms with E-state index in [0.717, 1.165) is 0 Å². The van der Waals surface area contributed by atoms with Crippen LogP contribution in [0.1, 0.15) is 23.8 Å². The van der Waals surface area contributed by atoms with E-state index in [-0.39, 0.29) is 11.9 Å². The van der Waals surface area contributed by atoms with Crippen LogP contribution < -0.4 is 5.32 Å². The van der Waals surface area contributed by atoms with Crippen LogP contribution in [0.25, 0.3) is 0 Å². The summed E-state index contributed by atoms with van der Waals surface area (Å²) in [6.07, 6.45) is 5.95. The summed E-state index contributed by atoms with van der Waals surface area (Å²) in [4.78, 5) is 15.7. The fraction of sp³-hybridized carbons (Fsp3) is 0.273. The molecular formula is C11H11BrN2O. The van der Waals surface area contributed by atoms with Gasteiger partial charge in [-0.15, -0.1) is 6.42 Å². The molecule has 0 saturated heterocycles. The Morgan fingerprint density at radius 3 is 3.00 bits per heavy atom. The summed E-state index contributed by atoms with van der Waals surface area (Å²) >= 11 is 3.20. The molecule has 0 spiro atoms. The molecule has 1 aromatic heterocycles. The Morgan fingerprint density at radius 1 is 1.73 bits per heavy atom. The Bertz CT molecular complexity index is 398. The number of amides is 1. The molecule has 0 saturated carbocycles. The van der Waals surface area contributed by atoms with Crippen molar-refractivity contribution in [2.45, 2.75) is 19.4 Å². The van der Waals surface area contributed by atoms with E-state index in [1.54, 1.807) is 18.2 Å². The Balaban J connectivity index is 2.74. The zero-order valence-electron chi connectivity index (χ0n) is 8.33. The van der Waals surface area contributed by atoms with Crippen LogP contribution >= 0.6 is 15.9 Å². The molecule has 0 radical (unpaired) electrons. The van der Waals surface area contributed by atoms with Gasteiger partial charge in [-0.1, -0.05) is 18.9 Å². The summed E-state index contributed by atoms with van der Waals surface area (Å²) in [5, 5.41) is 2.70. The molecule has 1 atom stereocenters. The van der Waals surface area contributed by atoms with E-state index in [2.05, 4.69) is 32.2 Å². The van der Waals surface area contributed by atoms with Gasteiger partial charge in [0, 0.05) is 0 Å². The molecule has 4 heteroatoms. The summed E-state index contributed by atoms with van der Waals surface area (Å²) in [6.45, 7) is 1.92. The van der Waals surface area contributed by atoms with Crippen molar-refractivity contribution in [2.75, 3.05) is 0 Å². The van der Waals surface area contributed by atoms with Gasteiger partial charge in [-0.2, -0.15) is 0 Å². The molecule has 15 heavy (non-hydrogen) atoms. The van der Waals surface area contributed by atoms with Crippen molar-refractivity contribution in [2.24, 2.45) is 0 Å². The van der Waals surface area contributed by atoms with Gasteiger partial charge < -0.3 is 5.32 Å². The molecule has 0 aromatic carbocycles. The summed E-state index contributed by atoms with van der Waals surface area (Å²) in [5.41, 5.74) is 0.359. The standard InChI is InChI=1S/C11H11BrN2O/c1-3-8(4-2)13-11(15)9-6-5-7-10(12)14-9/h1,5-8H,4H2,2H3,(H,13,15). The summed E-state index contributed by atoms with van der Waals surface area (Å²) < 4.78 is 0.629. The largest absolute Gasteiger partial charge is 0.337 e. The highest BCUT2D eigenvalue weighted by atomic mass is 79.9. The number of rotatable bonds is 3. The Morgan fingerprint density at radius 2 is 2.47 bits per heavy atom. The van der Waals surface area contributed by atoms with Gasteiger partial charge in [-0.05, 0) is 34.5 Å². The fourth-order valence-electron chi connectivity index (χ4n) is 1.03. The highest BCUT2D eigenvalue weighted by molar-refractivity contribution is 9.10. The van der Waals surface area contributed by atoms with Gasteiger partial charge in [0.05, 0.1) is 6.04 Å². The maximum Gasteiger partial charge on any atom is 0.270 e. The molecule has 1 N–H and O–H groups in total. The minimum absolute atomic E-state index is 0.238. The number of hydrogen-bond acceptors (Lipinski definition) is 2. The zero-order chi connectivity index (χ0) is 11.3. The smallest absolute Gasteiger partial charge is 0.270 e. The molecule has 0 fully saturated rings. The molecule has 0 aliphatic carbocycles. The monoisotopic (exact) mass is 266 g/mol. The van der Waals surface area contributed by atoms with E-state index in [9.17, 15) is 4.79 Å². The van der Waals surface area contributed by atoms with Gasteiger partial charge in [0.1, 0.15) is 10.3 Å². The minimum atomic E-state index is -0.249. The number of nitrogens with one attached hydrogen (secondary N) is 1. The number of terminal acetylenes is 1. The number of carbonyl (C=O) groups is 1. The molecule has 1 aromatic rings. The molecule has 1 unspecified atom stereocenters. The third-order valence-corrected chi connectivity index (χ3v) is 2.30. The van der Waals surface area contributed by atoms with Crippen LogP contribution in [0.3, 0.4) is 0 Å². The number of pyridine rings is 1. The van der Waals surface area contributed by atoms with Crippen LogP contribution in [0, 0.1) is 12.3 Å². The van der Waals surface area contributed by atoms with Gasteiger partial charge in [0.15, 0.2) is 0 Å². The molecular weight excluding hydrogens is 256 g/mol. The molecule has 1 rings (SSSR count). The summed E-state index contributed by atoms with van der Waals surface area (Å²) in [5.74, 6) is 2.25. The highest BCUT2D eigenvalue weighted by Crippen LogP contribution is 2.06. The van der Waals surface area contributed by atoms with Crippen LogP contribution in [-0.4, -0.2) is 16.9 Å². The van der Waals surface area contributed by atoms with Gasteiger partial charge >= 0.3 is 0 Å². The van der Waals surface area contributed by atoms with Gasteiger partial charge in [0.2, 0.25) is 0 Å². The third-order valence-electron chi connectivity index (χ3n) is 1.86. The van der Waals surface area contributed by atoms with Gasteiger partial charge in [-0.25, -0.2) is 4.98 Å². The van der Waals surface area contributed by atoms with Crippen LogP contribution in [0.5, 0.6) is 0 Å². The van der Waals surface area contributed by atoms with E-state index in [0.29, 0.717) is 16.7 Å². The molecule has 0 aliphatic heterocycles. The van der Waals surface area contributed by atoms with Crippen LogP contribution in [0.4, 0.5) is 0 Å². The van der Waals surface area contributed by atoms with E-state index >= 15 is 0 Å².